The number of rotatable bonds is 8. The first-order valence-electron chi connectivity index (χ1n) is 9.85. The van der Waals surface area contributed by atoms with Gasteiger partial charge in [0.1, 0.15) is 6.61 Å². The van der Waals surface area contributed by atoms with Crippen LogP contribution < -0.4 is 10.6 Å². The van der Waals surface area contributed by atoms with Crippen molar-refractivity contribution in [2.45, 2.75) is 51.2 Å². The monoisotopic (exact) mass is 386 g/mol. The van der Waals surface area contributed by atoms with Crippen LogP contribution in [-0.4, -0.2) is 36.2 Å². The second-order valence-electron chi connectivity index (χ2n) is 7.57. The zero-order valence-corrected chi connectivity index (χ0v) is 15.8. The van der Waals surface area contributed by atoms with Crippen LogP contribution in [0, 0.1) is 11.8 Å². The number of hydrogen-bond donors (Lipinski definition) is 2. The number of ketones is 2. The molecule has 2 amide bonds. The topological polar surface area (TPSA) is 102 Å². The average molecular weight is 386 g/mol. The second-order valence-corrected chi connectivity index (χ2v) is 7.57. The first-order chi connectivity index (χ1) is 13.5. The number of alkyl carbamates (subject to hydrolysis) is 1. The van der Waals surface area contributed by atoms with Crippen LogP contribution in [0.1, 0.15) is 44.1 Å². The van der Waals surface area contributed by atoms with Crippen molar-refractivity contribution >= 4 is 23.6 Å². The lowest BCUT2D eigenvalue weighted by molar-refractivity contribution is -0.140. The fourth-order valence-electron chi connectivity index (χ4n) is 3.40. The maximum absolute atomic E-state index is 12.8. The van der Waals surface area contributed by atoms with Crippen LogP contribution in [0.4, 0.5) is 4.79 Å². The Balaban J connectivity index is 1.55. The molecule has 0 bridgehead atoms. The van der Waals surface area contributed by atoms with Gasteiger partial charge < -0.3 is 15.4 Å². The molecule has 0 spiro atoms. The molecule has 2 aliphatic rings. The highest BCUT2D eigenvalue weighted by molar-refractivity contribution is 6.37. The molecule has 7 nitrogen and oxygen atoms in total. The third-order valence-corrected chi connectivity index (χ3v) is 5.22. The van der Waals surface area contributed by atoms with Crippen LogP contribution in [0.5, 0.6) is 0 Å². The molecule has 0 radical (unpaired) electrons. The highest BCUT2D eigenvalue weighted by Gasteiger charge is 2.35. The normalized spacial score (nSPS) is 20.6. The Hall–Kier alpha value is -2.70. The summed E-state index contributed by atoms with van der Waals surface area (Å²) in [5, 5.41) is 5.21. The molecule has 150 valence electrons. The lowest BCUT2D eigenvalue weighted by Crippen LogP contribution is -2.43. The molecule has 0 aromatic heterocycles. The molecule has 7 heteroatoms. The first-order valence-corrected chi connectivity index (χ1v) is 9.85. The van der Waals surface area contributed by atoms with Crippen LogP contribution in [0.25, 0.3) is 0 Å². The Morgan fingerprint density at radius 3 is 2.61 bits per heavy atom. The molecule has 1 saturated heterocycles. The van der Waals surface area contributed by atoms with Crippen LogP contribution in [0.3, 0.4) is 0 Å². The molecule has 2 atom stereocenters. The predicted molar refractivity (Wildman–Crippen MR) is 101 cm³/mol. The van der Waals surface area contributed by atoms with E-state index >= 15 is 0 Å². The Labute approximate surface area is 164 Å². The minimum atomic E-state index is -0.685. The van der Waals surface area contributed by atoms with E-state index in [0.29, 0.717) is 31.7 Å². The molecule has 2 N–H and O–H groups in total. The molecule has 28 heavy (non-hydrogen) atoms. The minimum absolute atomic E-state index is 0.0252. The molecule has 2 unspecified atom stereocenters. The van der Waals surface area contributed by atoms with Gasteiger partial charge in [-0.25, -0.2) is 4.79 Å². The van der Waals surface area contributed by atoms with Crippen LogP contribution in [0.2, 0.25) is 0 Å². The van der Waals surface area contributed by atoms with E-state index in [1.807, 2.05) is 30.3 Å². The molecule has 1 saturated carbocycles. The Morgan fingerprint density at radius 1 is 1.14 bits per heavy atom. The van der Waals surface area contributed by atoms with Crippen molar-refractivity contribution < 1.29 is 23.9 Å². The summed E-state index contributed by atoms with van der Waals surface area (Å²) in [6.45, 7) is 0.573. The maximum atomic E-state index is 12.8. The molecular formula is C21H26N2O5. The van der Waals surface area contributed by atoms with Gasteiger partial charge in [-0.3, -0.25) is 14.4 Å². The van der Waals surface area contributed by atoms with E-state index in [2.05, 4.69) is 10.6 Å². The smallest absolute Gasteiger partial charge is 0.408 e. The van der Waals surface area contributed by atoms with Gasteiger partial charge in [0.25, 0.3) is 5.91 Å². The Kier molecular flexibility index (Phi) is 6.79. The summed E-state index contributed by atoms with van der Waals surface area (Å²) in [5.41, 5.74) is 0.859. The summed E-state index contributed by atoms with van der Waals surface area (Å²) in [6.07, 6.45) is 3.11. The highest BCUT2D eigenvalue weighted by atomic mass is 16.5. The van der Waals surface area contributed by atoms with Gasteiger partial charge in [-0.05, 0) is 30.7 Å². The molecule has 1 aromatic rings. The van der Waals surface area contributed by atoms with Crippen molar-refractivity contribution in [2.75, 3.05) is 6.54 Å². The van der Waals surface area contributed by atoms with Crippen molar-refractivity contribution in [3.8, 4) is 0 Å². The predicted octanol–water partition coefficient (Wildman–Crippen LogP) is 2.14. The van der Waals surface area contributed by atoms with E-state index in [9.17, 15) is 19.2 Å². The molecule has 1 aromatic carbocycles. The van der Waals surface area contributed by atoms with Gasteiger partial charge in [0.05, 0.1) is 6.04 Å². The number of nitrogens with one attached hydrogen (secondary N) is 2. The van der Waals surface area contributed by atoms with Crippen LogP contribution in [0.15, 0.2) is 30.3 Å². The molecular weight excluding hydrogens is 360 g/mol. The molecule has 1 aliphatic heterocycles. The highest BCUT2D eigenvalue weighted by Crippen LogP contribution is 2.34. The largest absolute Gasteiger partial charge is 0.445 e. The third kappa shape index (κ3) is 5.90. The fourth-order valence-corrected chi connectivity index (χ4v) is 3.40. The van der Waals surface area contributed by atoms with E-state index in [1.165, 1.54) is 0 Å². The number of carbonyl (C=O) groups is 4. The first kappa shape index (κ1) is 20.0. The maximum Gasteiger partial charge on any atom is 0.408 e. The summed E-state index contributed by atoms with van der Waals surface area (Å²) in [5.74, 6) is -1.57. The quantitative estimate of drug-likeness (QED) is 0.667. The van der Waals surface area contributed by atoms with Crippen molar-refractivity contribution in [1.29, 1.82) is 0 Å². The van der Waals surface area contributed by atoms with Crippen LogP contribution >= 0.6 is 0 Å². The number of benzene rings is 1. The average Bonchev–Trinajstić information content (AvgIpc) is 3.53. The van der Waals surface area contributed by atoms with Crippen LogP contribution in [-0.2, 0) is 25.7 Å². The van der Waals surface area contributed by atoms with Crippen molar-refractivity contribution in [3.05, 3.63) is 35.9 Å². The molecule has 2 fully saturated rings. The number of hydrogen-bond acceptors (Lipinski definition) is 5. The number of amides is 2. The summed E-state index contributed by atoms with van der Waals surface area (Å²) in [7, 11) is 0. The van der Waals surface area contributed by atoms with Gasteiger partial charge in [0, 0.05) is 18.9 Å². The number of ether oxygens (including phenoxy) is 1. The van der Waals surface area contributed by atoms with Gasteiger partial charge in [0.15, 0.2) is 5.78 Å². The van der Waals surface area contributed by atoms with Gasteiger partial charge in [-0.15, -0.1) is 0 Å². The lowest BCUT2D eigenvalue weighted by atomic mass is 9.90. The fraction of sp³-hybridized carbons (Fsp3) is 0.524. The van der Waals surface area contributed by atoms with E-state index in [1.54, 1.807) is 0 Å². The number of carbonyl (C=O) groups excluding carboxylic acids is 4. The SMILES string of the molecule is O=C(NC(CC1CC1)C(=O)CC1CCCNC(=O)C1=O)OCc1ccccc1. The van der Waals surface area contributed by atoms with E-state index < -0.39 is 29.7 Å². The third-order valence-electron chi connectivity index (χ3n) is 5.22. The zero-order valence-electron chi connectivity index (χ0n) is 15.8. The summed E-state index contributed by atoms with van der Waals surface area (Å²) in [4.78, 5) is 48.8. The standard InChI is InChI=1S/C21H26N2O5/c24-18(12-16-7-4-10-22-20(26)19(16)25)17(11-14-8-9-14)23-21(27)28-13-15-5-2-1-3-6-15/h1-3,5-6,14,16-17H,4,7-13H2,(H,22,26)(H,23,27). The number of Topliss-reactive ketones (excluding diaryl/α,β-unsaturated/α-hetero) is 2. The lowest BCUT2D eigenvalue weighted by Gasteiger charge is -2.19. The summed E-state index contributed by atoms with van der Waals surface area (Å²) >= 11 is 0. The zero-order chi connectivity index (χ0) is 19.9. The van der Waals surface area contributed by atoms with Crippen molar-refractivity contribution in [2.24, 2.45) is 11.8 Å². The van der Waals surface area contributed by atoms with Gasteiger partial charge in [-0.2, -0.15) is 0 Å². The Morgan fingerprint density at radius 2 is 1.89 bits per heavy atom. The van der Waals surface area contributed by atoms with Gasteiger partial charge in [-0.1, -0.05) is 43.2 Å². The van der Waals surface area contributed by atoms with E-state index in [0.717, 1.165) is 18.4 Å². The van der Waals surface area contributed by atoms with Gasteiger partial charge in [0.2, 0.25) is 5.78 Å². The summed E-state index contributed by atoms with van der Waals surface area (Å²) < 4.78 is 5.23. The minimum Gasteiger partial charge on any atom is -0.445 e. The van der Waals surface area contributed by atoms with Gasteiger partial charge >= 0.3 is 6.09 Å². The Bertz CT molecular complexity index is 730. The molecule has 1 heterocycles. The van der Waals surface area contributed by atoms with Crippen molar-refractivity contribution in [3.63, 3.8) is 0 Å². The van der Waals surface area contributed by atoms with Crippen molar-refractivity contribution in [1.82, 2.24) is 10.6 Å². The van der Waals surface area contributed by atoms with E-state index in [4.69, 9.17) is 4.74 Å². The summed E-state index contributed by atoms with van der Waals surface area (Å²) in [6, 6.07) is 8.61. The molecule has 3 rings (SSSR count). The second kappa shape index (κ2) is 9.48. The van der Waals surface area contributed by atoms with E-state index in [-0.39, 0.29) is 18.8 Å². The molecule has 1 aliphatic carbocycles.